The highest BCUT2D eigenvalue weighted by molar-refractivity contribution is 5.85. The number of hydrogen-bond donors (Lipinski definition) is 2. The molecular weight excluding hydrogens is 248 g/mol. The lowest BCUT2D eigenvalue weighted by atomic mass is 10.1. The van der Waals surface area contributed by atoms with Gasteiger partial charge in [0.05, 0.1) is 6.10 Å². The van der Waals surface area contributed by atoms with E-state index in [1.807, 2.05) is 13.8 Å². The quantitative estimate of drug-likeness (QED) is 0.660. The highest BCUT2D eigenvalue weighted by Crippen LogP contribution is 2.12. The molecule has 0 aromatic rings. The van der Waals surface area contributed by atoms with Gasteiger partial charge in [-0.2, -0.15) is 0 Å². The zero-order valence-corrected chi connectivity index (χ0v) is 12.5. The molecule has 0 spiro atoms. The fourth-order valence-electron chi connectivity index (χ4n) is 1.26. The predicted octanol–water partition coefficient (Wildman–Crippen LogP) is 1.70. The summed E-state index contributed by atoms with van der Waals surface area (Å²) in [7, 11) is 1.48. The summed E-state index contributed by atoms with van der Waals surface area (Å²) in [4.78, 5) is 24.0. The fraction of sp³-hybridized carbons (Fsp3) is 0.846. The average molecular weight is 274 g/mol. The zero-order chi connectivity index (χ0) is 15.1. The monoisotopic (exact) mass is 274 g/mol. The summed E-state index contributed by atoms with van der Waals surface area (Å²) in [5.41, 5.74) is -1.22. The van der Waals surface area contributed by atoms with Crippen molar-refractivity contribution < 1.29 is 19.4 Å². The molecule has 0 saturated carbocycles. The number of carboxylic acid groups (broad SMARTS) is 1. The Bertz CT molecular complexity index is 303. The number of aliphatic carboxylic acids is 1. The van der Waals surface area contributed by atoms with Crippen molar-refractivity contribution in [2.75, 3.05) is 20.2 Å². The standard InChI is InChI=1S/C13H26N2O4/c1-10(2)19-9-7-6-8-14-12(18)15(5)13(3,4)11(16)17/h10H,6-9H2,1-5H3,(H,14,18)(H,16,17). The van der Waals surface area contributed by atoms with Crippen LogP contribution in [0, 0.1) is 0 Å². The molecule has 6 heteroatoms. The van der Waals surface area contributed by atoms with Crippen molar-refractivity contribution in [1.29, 1.82) is 0 Å². The van der Waals surface area contributed by atoms with Gasteiger partial charge in [0.1, 0.15) is 5.54 Å². The number of hydrogen-bond acceptors (Lipinski definition) is 3. The van der Waals surface area contributed by atoms with Crippen LogP contribution in [0.25, 0.3) is 0 Å². The number of nitrogens with zero attached hydrogens (tertiary/aromatic N) is 1. The molecule has 0 aliphatic heterocycles. The van der Waals surface area contributed by atoms with Gasteiger partial charge in [-0.25, -0.2) is 9.59 Å². The lowest BCUT2D eigenvalue weighted by molar-refractivity contribution is -0.146. The van der Waals surface area contributed by atoms with E-state index in [0.717, 1.165) is 12.8 Å². The first kappa shape index (κ1) is 17.7. The summed E-state index contributed by atoms with van der Waals surface area (Å²) < 4.78 is 5.38. The van der Waals surface area contributed by atoms with E-state index in [4.69, 9.17) is 9.84 Å². The minimum atomic E-state index is -1.22. The summed E-state index contributed by atoms with van der Waals surface area (Å²) in [6, 6.07) is -0.378. The number of carboxylic acids is 1. The Balaban J connectivity index is 3.90. The summed E-state index contributed by atoms with van der Waals surface area (Å²) in [5, 5.41) is 11.7. The molecular formula is C13H26N2O4. The van der Waals surface area contributed by atoms with E-state index in [2.05, 4.69) is 5.32 Å². The molecule has 0 aliphatic carbocycles. The van der Waals surface area contributed by atoms with E-state index in [1.165, 1.54) is 25.8 Å². The van der Waals surface area contributed by atoms with Crippen LogP contribution in [0.4, 0.5) is 4.79 Å². The van der Waals surface area contributed by atoms with Crippen LogP contribution in [0.5, 0.6) is 0 Å². The second-order valence-corrected chi connectivity index (χ2v) is 5.28. The highest BCUT2D eigenvalue weighted by atomic mass is 16.5. The minimum Gasteiger partial charge on any atom is -0.480 e. The van der Waals surface area contributed by atoms with Crippen LogP contribution in [0.15, 0.2) is 0 Å². The van der Waals surface area contributed by atoms with Crippen molar-refractivity contribution in [3.63, 3.8) is 0 Å². The maximum absolute atomic E-state index is 11.8. The number of nitrogens with one attached hydrogen (secondary N) is 1. The van der Waals surface area contributed by atoms with Gasteiger partial charge in [0.2, 0.25) is 0 Å². The minimum absolute atomic E-state index is 0.220. The van der Waals surface area contributed by atoms with Crippen molar-refractivity contribution in [2.45, 2.75) is 52.2 Å². The van der Waals surface area contributed by atoms with E-state index >= 15 is 0 Å². The highest BCUT2D eigenvalue weighted by Gasteiger charge is 2.34. The Labute approximate surface area is 115 Å². The summed E-state index contributed by atoms with van der Waals surface area (Å²) in [6.45, 7) is 8.12. The van der Waals surface area contributed by atoms with E-state index in [1.54, 1.807) is 0 Å². The van der Waals surface area contributed by atoms with Crippen molar-refractivity contribution in [3.05, 3.63) is 0 Å². The molecule has 0 unspecified atom stereocenters. The number of carbonyl (C=O) groups excluding carboxylic acids is 1. The molecule has 0 saturated heterocycles. The molecule has 0 heterocycles. The van der Waals surface area contributed by atoms with Gasteiger partial charge in [0.15, 0.2) is 0 Å². The number of urea groups is 1. The van der Waals surface area contributed by atoms with Crippen molar-refractivity contribution >= 4 is 12.0 Å². The molecule has 0 aromatic heterocycles. The largest absolute Gasteiger partial charge is 0.480 e. The Morgan fingerprint density at radius 3 is 2.37 bits per heavy atom. The van der Waals surface area contributed by atoms with Gasteiger partial charge < -0.3 is 20.1 Å². The van der Waals surface area contributed by atoms with Crippen molar-refractivity contribution in [2.24, 2.45) is 0 Å². The smallest absolute Gasteiger partial charge is 0.329 e. The van der Waals surface area contributed by atoms with Crippen LogP contribution in [0.1, 0.15) is 40.5 Å². The number of rotatable bonds is 8. The lowest BCUT2D eigenvalue weighted by Gasteiger charge is -2.31. The molecule has 6 nitrogen and oxygen atoms in total. The third-order valence-electron chi connectivity index (χ3n) is 2.97. The van der Waals surface area contributed by atoms with Gasteiger partial charge in [-0.3, -0.25) is 0 Å². The van der Waals surface area contributed by atoms with Gasteiger partial charge in [0.25, 0.3) is 0 Å². The molecule has 0 radical (unpaired) electrons. The maximum atomic E-state index is 11.8. The Hall–Kier alpha value is -1.30. The lowest BCUT2D eigenvalue weighted by Crippen LogP contribution is -2.54. The normalized spacial score (nSPS) is 11.5. The fourth-order valence-corrected chi connectivity index (χ4v) is 1.26. The zero-order valence-electron chi connectivity index (χ0n) is 12.5. The van der Waals surface area contributed by atoms with Gasteiger partial charge in [-0.05, 0) is 40.5 Å². The number of ether oxygens (including phenoxy) is 1. The van der Waals surface area contributed by atoms with Gasteiger partial charge in [-0.1, -0.05) is 0 Å². The second-order valence-electron chi connectivity index (χ2n) is 5.28. The van der Waals surface area contributed by atoms with Crippen molar-refractivity contribution in [3.8, 4) is 0 Å². The number of unbranched alkanes of at least 4 members (excludes halogenated alkanes) is 1. The van der Waals surface area contributed by atoms with Gasteiger partial charge >= 0.3 is 12.0 Å². The first-order valence-corrected chi connectivity index (χ1v) is 6.56. The molecule has 19 heavy (non-hydrogen) atoms. The average Bonchev–Trinajstić information content (AvgIpc) is 2.31. The Morgan fingerprint density at radius 1 is 1.32 bits per heavy atom. The molecule has 0 aliphatic rings. The molecule has 0 bridgehead atoms. The Morgan fingerprint density at radius 2 is 1.89 bits per heavy atom. The van der Waals surface area contributed by atoms with Crippen LogP contribution in [0.2, 0.25) is 0 Å². The van der Waals surface area contributed by atoms with Gasteiger partial charge in [-0.15, -0.1) is 0 Å². The molecule has 2 N–H and O–H groups in total. The Kier molecular flexibility index (Phi) is 7.44. The first-order valence-electron chi connectivity index (χ1n) is 6.56. The summed E-state index contributed by atoms with van der Waals surface area (Å²) in [5.74, 6) is -1.03. The van der Waals surface area contributed by atoms with Crippen LogP contribution in [-0.4, -0.2) is 53.8 Å². The molecule has 0 rings (SSSR count). The molecule has 0 fully saturated rings. The van der Waals surface area contributed by atoms with E-state index in [-0.39, 0.29) is 12.1 Å². The van der Waals surface area contributed by atoms with E-state index in [9.17, 15) is 9.59 Å². The third-order valence-corrected chi connectivity index (χ3v) is 2.97. The van der Waals surface area contributed by atoms with Crippen LogP contribution in [0.3, 0.4) is 0 Å². The number of amides is 2. The van der Waals surface area contributed by atoms with E-state index in [0.29, 0.717) is 13.2 Å². The van der Waals surface area contributed by atoms with Crippen LogP contribution < -0.4 is 5.32 Å². The third kappa shape index (κ3) is 6.42. The second kappa shape index (κ2) is 7.99. The van der Waals surface area contributed by atoms with Gasteiger partial charge in [0, 0.05) is 20.2 Å². The van der Waals surface area contributed by atoms with Crippen LogP contribution in [-0.2, 0) is 9.53 Å². The molecule has 0 atom stereocenters. The SMILES string of the molecule is CC(C)OCCCCNC(=O)N(C)C(C)(C)C(=O)O. The van der Waals surface area contributed by atoms with E-state index < -0.39 is 11.5 Å². The first-order chi connectivity index (χ1) is 8.69. The number of carbonyl (C=O) groups is 2. The predicted molar refractivity (Wildman–Crippen MR) is 73.2 cm³/mol. The topological polar surface area (TPSA) is 78.9 Å². The number of likely N-dealkylation sites (N-methyl/N-ethyl adjacent to an activating group) is 1. The molecule has 2 amide bonds. The summed E-state index contributed by atoms with van der Waals surface area (Å²) in [6.07, 6.45) is 1.89. The summed E-state index contributed by atoms with van der Waals surface area (Å²) >= 11 is 0. The molecule has 0 aromatic carbocycles. The maximum Gasteiger partial charge on any atom is 0.329 e. The van der Waals surface area contributed by atoms with Crippen LogP contribution >= 0.6 is 0 Å². The van der Waals surface area contributed by atoms with Crippen molar-refractivity contribution in [1.82, 2.24) is 10.2 Å². The molecule has 112 valence electrons.